The largest absolute Gasteiger partial charge is 0.508 e. The first kappa shape index (κ1) is 35.9. The van der Waals surface area contributed by atoms with E-state index in [9.17, 15) is 55.5 Å². The molecular weight excluding hydrogens is 704 g/mol. The van der Waals surface area contributed by atoms with Crippen molar-refractivity contribution in [2.24, 2.45) is 0 Å². The van der Waals surface area contributed by atoms with Crippen LogP contribution in [0.25, 0.3) is 5.76 Å². The number of carbonyl (C=O) groups is 2. The maximum atomic E-state index is 14.5. The molecule has 0 saturated carbocycles. The molecule has 0 amide bonds. The Labute approximate surface area is 300 Å². The maximum absolute atomic E-state index is 14.5. The minimum atomic E-state index is -2.66. The number of hydrogen-bond donors (Lipinski definition) is 9. The van der Waals surface area contributed by atoms with Gasteiger partial charge in [0.1, 0.15) is 71.5 Å². The first-order valence-electron chi connectivity index (χ1n) is 17.1. The Morgan fingerprint density at radius 2 is 1.49 bits per heavy atom. The lowest BCUT2D eigenvalue weighted by molar-refractivity contribution is -0.305. The first-order chi connectivity index (χ1) is 25.0. The van der Waals surface area contributed by atoms with Crippen LogP contribution in [0.1, 0.15) is 84.2 Å². The molecule has 13 atom stereocenters. The van der Waals surface area contributed by atoms with E-state index in [4.69, 9.17) is 28.4 Å². The molecule has 17 heteroatoms. The Kier molecular flexibility index (Phi) is 8.25. The molecule has 0 bridgehead atoms. The van der Waals surface area contributed by atoms with Crippen molar-refractivity contribution in [2.45, 2.75) is 107 Å². The van der Waals surface area contributed by atoms with Gasteiger partial charge in [-0.3, -0.25) is 9.59 Å². The van der Waals surface area contributed by atoms with E-state index < -0.39 is 132 Å². The highest BCUT2D eigenvalue weighted by Crippen LogP contribution is 2.61. The van der Waals surface area contributed by atoms with Crippen LogP contribution >= 0.6 is 0 Å². The van der Waals surface area contributed by atoms with Gasteiger partial charge >= 0.3 is 0 Å². The van der Waals surface area contributed by atoms with Gasteiger partial charge in [-0.05, 0) is 33.8 Å². The number of carbonyl (C=O) groups excluding carboxylic acids is 2. The fourth-order valence-corrected chi connectivity index (χ4v) is 8.51. The number of ether oxygens (including phenoxy) is 6. The molecule has 9 N–H and O–H groups in total. The fourth-order valence-electron chi connectivity index (χ4n) is 8.51. The predicted octanol–water partition coefficient (Wildman–Crippen LogP) is 0.586. The SMILES string of the molecule is C[C@H]1O[C@H](C)[C@H]2OC3(OC4C2=C1C(=O)c1c(OC2OC(CO)C(O)C(O)C2O)cc(O)cc14)C(=O)C=C(O)c1c(O)c2c(c(O)c13)[C@H](O)[C@@H](C)O[C@@H]2C. The quantitative estimate of drug-likeness (QED) is 0.195. The molecular formula is C36H38O17. The molecule has 0 aromatic heterocycles. The van der Waals surface area contributed by atoms with Crippen molar-refractivity contribution in [1.82, 2.24) is 0 Å². The van der Waals surface area contributed by atoms with E-state index in [1.165, 1.54) is 6.07 Å². The second-order valence-corrected chi connectivity index (χ2v) is 14.2. The van der Waals surface area contributed by atoms with Gasteiger partial charge in [-0.25, -0.2) is 0 Å². The van der Waals surface area contributed by atoms with Crippen LogP contribution in [0.4, 0.5) is 0 Å². The Balaban J connectivity index is 1.33. The van der Waals surface area contributed by atoms with Crippen LogP contribution in [-0.2, 0) is 34.3 Å². The van der Waals surface area contributed by atoms with E-state index in [-0.39, 0.29) is 39.1 Å². The molecule has 8 rings (SSSR count). The van der Waals surface area contributed by atoms with Gasteiger partial charge in [0, 0.05) is 40.0 Å². The summed E-state index contributed by atoms with van der Waals surface area (Å²) >= 11 is 0. The number of fused-ring (bicyclic) bond motifs is 5. The minimum absolute atomic E-state index is 0.0355. The number of ketones is 2. The number of aliphatic hydroxyl groups excluding tert-OH is 6. The number of phenolic OH excluding ortho intramolecular Hbond substituents is 3. The van der Waals surface area contributed by atoms with Crippen LogP contribution in [0.3, 0.4) is 0 Å². The molecule has 2 aromatic carbocycles. The molecule has 2 aromatic rings. The summed E-state index contributed by atoms with van der Waals surface area (Å²) in [7, 11) is 0. The van der Waals surface area contributed by atoms with Gasteiger partial charge in [-0.2, -0.15) is 0 Å². The lowest BCUT2D eigenvalue weighted by atomic mass is 9.74. The van der Waals surface area contributed by atoms with Gasteiger partial charge < -0.3 is 74.4 Å². The molecule has 2 aliphatic carbocycles. The fraction of sp³-hybridized carbons (Fsp3) is 0.500. The van der Waals surface area contributed by atoms with Crippen LogP contribution in [0.15, 0.2) is 29.4 Å². The molecule has 6 aliphatic rings. The van der Waals surface area contributed by atoms with Crippen LogP contribution in [0, 0.1) is 0 Å². The monoisotopic (exact) mass is 742 g/mol. The zero-order chi connectivity index (χ0) is 38.2. The van der Waals surface area contributed by atoms with Gasteiger partial charge in [0.05, 0.1) is 47.7 Å². The van der Waals surface area contributed by atoms with Gasteiger partial charge in [-0.1, -0.05) is 0 Å². The van der Waals surface area contributed by atoms with Gasteiger partial charge in [0.15, 0.2) is 5.78 Å². The predicted molar refractivity (Wildman–Crippen MR) is 174 cm³/mol. The number of aliphatic hydroxyl groups is 6. The normalized spacial score (nSPS) is 38.8. The van der Waals surface area contributed by atoms with Crippen molar-refractivity contribution in [2.75, 3.05) is 6.61 Å². The van der Waals surface area contributed by atoms with Crippen molar-refractivity contribution in [3.8, 4) is 23.0 Å². The van der Waals surface area contributed by atoms with E-state index in [2.05, 4.69) is 0 Å². The average molecular weight is 743 g/mol. The van der Waals surface area contributed by atoms with E-state index in [1.807, 2.05) is 0 Å². The molecule has 4 heterocycles. The van der Waals surface area contributed by atoms with Crippen molar-refractivity contribution in [3.63, 3.8) is 0 Å². The second-order valence-electron chi connectivity index (χ2n) is 14.2. The molecule has 284 valence electrons. The smallest absolute Gasteiger partial charge is 0.266 e. The molecule has 0 radical (unpaired) electrons. The number of phenols is 3. The zero-order valence-electron chi connectivity index (χ0n) is 28.7. The van der Waals surface area contributed by atoms with Gasteiger partial charge in [0.25, 0.3) is 5.79 Å². The molecule has 17 nitrogen and oxygen atoms in total. The van der Waals surface area contributed by atoms with E-state index in [0.29, 0.717) is 0 Å². The highest BCUT2D eigenvalue weighted by atomic mass is 16.7. The number of rotatable bonds is 3. The van der Waals surface area contributed by atoms with Crippen LogP contribution in [-0.4, -0.2) is 119 Å². The number of aromatic hydroxyl groups is 3. The van der Waals surface area contributed by atoms with Gasteiger partial charge in [-0.15, -0.1) is 0 Å². The molecule has 1 spiro atoms. The summed E-state index contributed by atoms with van der Waals surface area (Å²) in [5.74, 6) is -7.32. The minimum Gasteiger partial charge on any atom is -0.508 e. The van der Waals surface area contributed by atoms with Crippen molar-refractivity contribution in [1.29, 1.82) is 0 Å². The lowest BCUT2D eigenvalue weighted by Crippen LogP contribution is -2.60. The summed E-state index contributed by atoms with van der Waals surface area (Å²) < 4.78 is 36.3. The highest BCUT2D eigenvalue weighted by molar-refractivity contribution is 6.15. The van der Waals surface area contributed by atoms with Crippen LogP contribution < -0.4 is 4.74 Å². The number of Topliss-reactive ketones (excluding diaryl/α,β-unsaturated/α-hetero) is 1. The Morgan fingerprint density at radius 3 is 2.19 bits per heavy atom. The number of benzene rings is 2. The van der Waals surface area contributed by atoms with Crippen molar-refractivity contribution < 1.29 is 84.0 Å². The topological polar surface area (TPSA) is 272 Å². The Hall–Kier alpha value is -4.14. The first-order valence-corrected chi connectivity index (χ1v) is 17.1. The van der Waals surface area contributed by atoms with Crippen molar-refractivity contribution in [3.05, 3.63) is 62.7 Å². The summed E-state index contributed by atoms with van der Waals surface area (Å²) in [5.41, 5.74) is -1.22. The second kappa shape index (κ2) is 12.2. The Morgan fingerprint density at radius 1 is 0.792 bits per heavy atom. The van der Waals surface area contributed by atoms with Crippen LogP contribution in [0.5, 0.6) is 23.0 Å². The maximum Gasteiger partial charge on any atom is 0.266 e. The summed E-state index contributed by atoms with van der Waals surface area (Å²) in [5, 5.41) is 98.0. The van der Waals surface area contributed by atoms with E-state index in [1.54, 1.807) is 27.7 Å². The third kappa shape index (κ3) is 4.86. The van der Waals surface area contributed by atoms with E-state index >= 15 is 0 Å². The summed E-state index contributed by atoms with van der Waals surface area (Å²) in [6.45, 7) is 5.56. The molecule has 7 unspecified atom stereocenters. The Bertz CT molecular complexity index is 2000. The van der Waals surface area contributed by atoms with Crippen LogP contribution in [0.2, 0.25) is 0 Å². The summed E-state index contributed by atoms with van der Waals surface area (Å²) in [4.78, 5) is 28.7. The molecule has 53 heavy (non-hydrogen) atoms. The summed E-state index contributed by atoms with van der Waals surface area (Å²) in [6, 6.07) is 2.22. The third-order valence-corrected chi connectivity index (χ3v) is 11.0. The standard InChI is InChI=1S/C36H38O17/c1-9-19-23(26(41)11(3)48-9)30(45)25-22(29(19)44)15(39)7-18(40)36(25)52-33-12(4)49-10(2)20-24(33)34(53-36)14-5-13(38)6-16(21(14)28(20)43)50-35-32(47)31(46)27(42)17(8-37)51-35/h5-7,9-12,17,26-27,31-35,37-39,41-42,44-47H,8H2,1-4H3/t9-,10-,11-,12-,17?,26-,27?,31?,32?,33-,34?,35?,36?/m1/s1. The highest BCUT2D eigenvalue weighted by Gasteiger charge is 2.62. The molecule has 4 aliphatic heterocycles. The van der Waals surface area contributed by atoms with E-state index in [0.717, 1.165) is 12.1 Å². The lowest BCUT2D eigenvalue weighted by Gasteiger charge is -2.52. The molecule has 2 saturated heterocycles. The van der Waals surface area contributed by atoms with Gasteiger partial charge in [0.2, 0.25) is 12.1 Å². The van der Waals surface area contributed by atoms with Crippen molar-refractivity contribution >= 4 is 17.3 Å². The zero-order valence-corrected chi connectivity index (χ0v) is 28.7. The summed E-state index contributed by atoms with van der Waals surface area (Å²) in [6.07, 6.45) is -15.5. The number of hydrogen-bond acceptors (Lipinski definition) is 17. The molecule has 2 fully saturated rings. The third-order valence-electron chi connectivity index (χ3n) is 11.0. The average Bonchev–Trinajstić information content (AvgIpc) is 3.10.